The molecular formula is C12H11ClN2O3. The molecule has 1 N–H and O–H groups in total. The number of aromatic nitrogens is 2. The van der Waals surface area contributed by atoms with E-state index in [0.717, 1.165) is 11.1 Å². The van der Waals surface area contributed by atoms with E-state index in [1.807, 2.05) is 6.07 Å². The summed E-state index contributed by atoms with van der Waals surface area (Å²) in [5, 5.41) is 13.1. The van der Waals surface area contributed by atoms with Crippen LogP contribution in [0.15, 0.2) is 30.6 Å². The Labute approximate surface area is 109 Å². The highest BCUT2D eigenvalue weighted by Crippen LogP contribution is 2.29. The van der Waals surface area contributed by atoms with Crippen LogP contribution in [0.1, 0.15) is 0 Å². The Kier molecular flexibility index (Phi) is 3.53. The lowest BCUT2D eigenvalue weighted by Crippen LogP contribution is -2.08. The molecule has 0 fully saturated rings. The largest absolute Gasteiger partial charge is 0.495 e. The van der Waals surface area contributed by atoms with E-state index >= 15 is 0 Å². The van der Waals surface area contributed by atoms with E-state index < -0.39 is 5.97 Å². The fourth-order valence-electron chi connectivity index (χ4n) is 1.58. The van der Waals surface area contributed by atoms with Gasteiger partial charge in [0.05, 0.1) is 18.3 Å². The average Bonchev–Trinajstić information content (AvgIpc) is 2.76. The predicted molar refractivity (Wildman–Crippen MR) is 66.9 cm³/mol. The summed E-state index contributed by atoms with van der Waals surface area (Å²) in [4.78, 5) is 10.6. The molecule has 1 heterocycles. The van der Waals surface area contributed by atoms with Gasteiger partial charge in [-0.05, 0) is 17.7 Å². The number of benzene rings is 1. The molecule has 0 atom stereocenters. The standard InChI is InChI=1S/C12H11ClN2O3/c1-18-11-3-2-8(4-10(11)13)9-5-14-15(6-9)7-12(16)17/h2-6H,7H2,1H3,(H,16,17). The maximum Gasteiger partial charge on any atom is 0.325 e. The average molecular weight is 267 g/mol. The summed E-state index contributed by atoms with van der Waals surface area (Å²) >= 11 is 6.02. The molecule has 0 spiro atoms. The first kappa shape index (κ1) is 12.4. The van der Waals surface area contributed by atoms with Crippen molar-refractivity contribution in [1.29, 1.82) is 0 Å². The Morgan fingerprint density at radius 1 is 1.50 bits per heavy atom. The van der Waals surface area contributed by atoms with Gasteiger partial charge in [0.25, 0.3) is 0 Å². The third-order valence-electron chi connectivity index (χ3n) is 2.42. The molecule has 6 heteroatoms. The first-order valence-corrected chi connectivity index (χ1v) is 5.56. The van der Waals surface area contributed by atoms with Gasteiger partial charge in [0, 0.05) is 11.8 Å². The van der Waals surface area contributed by atoms with Crippen molar-refractivity contribution >= 4 is 17.6 Å². The second-order valence-electron chi connectivity index (χ2n) is 3.67. The predicted octanol–water partition coefficient (Wildman–Crippen LogP) is 2.30. The van der Waals surface area contributed by atoms with Crippen LogP contribution in [0.3, 0.4) is 0 Å². The minimum Gasteiger partial charge on any atom is -0.495 e. The number of carbonyl (C=O) groups is 1. The zero-order valence-corrected chi connectivity index (χ0v) is 10.4. The molecule has 0 aliphatic carbocycles. The van der Waals surface area contributed by atoms with E-state index in [4.69, 9.17) is 21.4 Å². The summed E-state index contributed by atoms with van der Waals surface area (Å²) < 4.78 is 6.42. The molecule has 94 valence electrons. The molecule has 2 rings (SSSR count). The van der Waals surface area contributed by atoms with E-state index in [0.29, 0.717) is 10.8 Å². The Hall–Kier alpha value is -2.01. The van der Waals surface area contributed by atoms with Gasteiger partial charge in [-0.3, -0.25) is 9.48 Å². The van der Waals surface area contributed by atoms with Gasteiger partial charge in [-0.25, -0.2) is 0 Å². The summed E-state index contributed by atoms with van der Waals surface area (Å²) in [6.45, 7) is -0.163. The molecule has 2 aromatic rings. The van der Waals surface area contributed by atoms with Crippen molar-refractivity contribution in [2.45, 2.75) is 6.54 Å². The zero-order chi connectivity index (χ0) is 13.1. The molecule has 0 saturated heterocycles. The van der Waals surface area contributed by atoms with Gasteiger partial charge in [0.2, 0.25) is 0 Å². The van der Waals surface area contributed by atoms with Crippen LogP contribution in [-0.2, 0) is 11.3 Å². The molecule has 18 heavy (non-hydrogen) atoms. The van der Waals surface area contributed by atoms with Crippen molar-refractivity contribution in [2.75, 3.05) is 7.11 Å². The summed E-state index contributed by atoms with van der Waals surface area (Å²) in [5.74, 6) is -0.337. The van der Waals surface area contributed by atoms with E-state index in [1.165, 1.54) is 4.68 Å². The van der Waals surface area contributed by atoms with E-state index in [-0.39, 0.29) is 6.54 Å². The number of rotatable bonds is 4. The van der Waals surface area contributed by atoms with Crippen LogP contribution in [-0.4, -0.2) is 28.0 Å². The van der Waals surface area contributed by atoms with Crippen molar-refractivity contribution in [1.82, 2.24) is 9.78 Å². The Bertz CT molecular complexity index is 580. The van der Waals surface area contributed by atoms with Gasteiger partial charge >= 0.3 is 5.97 Å². The molecule has 0 bridgehead atoms. The lowest BCUT2D eigenvalue weighted by molar-refractivity contribution is -0.137. The summed E-state index contributed by atoms with van der Waals surface area (Å²) in [5.41, 5.74) is 1.67. The molecule has 1 aromatic heterocycles. The van der Waals surface area contributed by atoms with Gasteiger partial charge < -0.3 is 9.84 Å². The van der Waals surface area contributed by atoms with Gasteiger partial charge in [-0.15, -0.1) is 0 Å². The SMILES string of the molecule is COc1ccc(-c2cnn(CC(=O)O)c2)cc1Cl. The van der Waals surface area contributed by atoms with Crippen molar-refractivity contribution in [3.05, 3.63) is 35.6 Å². The van der Waals surface area contributed by atoms with E-state index in [1.54, 1.807) is 31.6 Å². The number of hydrogen-bond donors (Lipinski definition) is 1. The van der Waals surface area contributed by atoms with Crippen LogP contribution >= 0.6 is 11.6 Å². The highest BCUT2D eigenvalue weighted by molar-refractivity contribution is 6.32. The third-order valence-corrected chi connectivity index (χ3v) is 2.71. The summed E-state index contributed by atoms with van der Waals surface area (Å²) in [7, 11) is 1.55. The summed E-state index contributed by atoms with van der Waals surface area (Å²) in [6.07, 6.45) is 3.26. The Balaban J connectivity index is 2.28. The number of aliphatic carboxylic acids is 1. The van der Waals surface area contributed by atoms with Crippen LogP contribution in [0.25, 0.3) is 11.1 Å². The maximum absolute atomic E-state index is 10.6. The number of ether oxygens (including phenoxy) is 1. The topological polar surface area (TPSA) is 64.4 Å². The first-order chi connectivity index (χ1) is 8.60. The number of halogens is 1. The monoisotopic (exact) mass is 266 g/mol. The normalized spacial score (nSPS) is 10.3. The molecule has 5 nitrogen and oxygen atoms in total. The van der Waals surface area contributed by atoms with E-state index in [2.05, 4.69) is 5.10 Å². The molecular weight excluding hydrogens is 256 g/mol. The summed E-state index contributed by atoms with van der Waals surface area (Å²) in [6, 6.07) is 5.35. The number of carboxylic acid groups (broad SMARTS) is 1. The van der Waals surface area contributed by atoms with Gasteiger partial charge in [-0.2, -0.15) is 5.10 Å². The van der Waals surface area contributed by atoms with Crippen LogP contribution in [0, 0.1) is 0 Å². The van der Waals surface area contributed by atoms with E-state index in [9.17, 15) is 4.79 Å². The lowest BCUT2D eigenvalue weighted by atomic mass is 10.1. The zero-order valence-electron chi connectivity index (χ0n) is 9.63. The fraction of sp³-hybridized carbons (Fsp3) is 0.167. The number of methoxy groups -OCH3 is 1. The third kappa shape index (κ3) is 2.62. The maximum atomic E-state index is 10.6. The van der Waals surface area contributed by atoms with Crippen LogP contribution < -0.4 is 4.74 Å². The Morgan fingerprint density at radius 2 is 2.28 bits per heavy atom. The minimum absolute atomic E-state index is 0.163. The number of hydrogen-bond acceptors (Lipinski definition) is 3. The molecule has 0 aliphatic rings. The molecule has 0 aliphatic heterocycles. The second kappa shape index (κ2) is 5.10. The highest BCUT2D eigenvalue weighted by Gasteiger charge is 2.07. The fourth-order valence-corrected chi connectivity index (χ4v) is 1.84. The van der Waals surface area contributed by atoms with Crippen molar-refractivity contribution in [3.63, 3.8) is 0 Å². The smallest absolute Gasteiger partial charge is 0.325 e. The van der Waals surface area contributed by atoms with Crippen LogP contribution in [0.4, 0.5) is 0 Å². The highest BCUT2D eigenvalue weighted by atomic mass is 35.5. The minimum atomic E-state index is -0.933. The van der Waals surface area contributed by atoms with Gasteiger partial charge in [0.1, 0.15) is 12.3 Å². The molecule has 0 radical (unpaired) electrons. The van der Waals surface area contributed by atoms with Crippen LogP contribution in [0.5, 0.6) is 5.75 Å². The first-order valence-electron chi connectivity index (χ1n) is 5.18. The molecule has 0 saturated carbocycles. The van der Waals surface area contributed by atoms with Crippen molar-refractivity contribution in [3.8, 4) is 16.9 Å². The van der Waals surface area contributed by atoms with Gasteiger partial charge in [-0.1, -0.05) is 17.7 Å². The second-order valence-corrected chi connectivity index (χ2v) is 4.08. The molecule has 0 unspecified atom stereocenters. The van der Waals surface area contributed by atoms with Crippen molar-refractivity contribution < 1.29 is 14.6 Å². The number of nitrogens with zero attached hydrogens (tertiary/aromatic N) is 2. The molecule has 0 amide bonds. The lowest BCUT2D eigenvalue weighted by Gasteiger charge is -2.04. The number of carboxylic acids is 1. The van der Waals surface area contributed by atoms with Gasteiger partial charge in [0.15, 0.2) is 0 Å². The Morgan fingerprint density at radius 3 is 2.89 bits per heavy atom. The van der Waals surface area contributed by atoms with Crippen LogP contribution in [0.2, 0.25) is 5.02 Å². The quantitative estimate of drug-likeness (QED) is 0.922. The molecule has 1 aromatic carbocycles. The van der Waals surface area contributed by atoms with Crippen molar-refractivity contribution in [2.24, 2.45) is 0 Å².